The minimum Gasteiger partial charge on any atom is -0.483 e. The summed E-state index contributed by atoms with van der Waals surface area (Å²) in [5.41, 5.74) is 4.44. The molecule has 0 heterocycles. The molecule has 152 valence electrons. The SMILES string of the molecule is Cc1ccccc1OCC(=O)N/N=C\c1cccc(OC(=O)c2ccccc2Br)c1. The second-order valence-electron chi connectivity index (χ2n) is 6.29. The molecule has 7 heteroatoms. The molecule has 0 atom stereocenters. The van der Waals surface area contributed by atoms with Crippen molar-refractivity contribution in [2.24, 2.45) is 5.10 Å². The molecule has 0 aromatic heterocycles. The summed E-state index contributed by atoms with van der Waals surface area (Å²) in [7, 11) is 0. The molecule has 0 saturated carbocycles. The van der Waals surface area contributed by atoms with Crippen LogP contribution in [0.2, 0.25) is 0 Å². The van der Waals surface area contributed by atoms with Crippen molar-refractivity contribution in [1.29, 1.82) is 0 Å². The number of esters is 1. The van der Waals surface area contributed by atoms with Crippen molar-refractivity contribution in [2.75, 3.05) is 6.61 Å². The maximum absolute atomic E-state index is 12.3. The zero-order valence-electron chi connectivity index (χ0n) is 16.2. The molecule has 0 aliphatic heterocycles. The Morgan fingerprint density at radius 2 is 1.80 bits per heavy atom. The topological polar surface area (TPSA) is 77.0 Å². The number of benzene rings is 3. The number of nitrogens with zero attached hydrogens (tertiary/aromatic N) is 1. The number of aryl methyl sites for hydroxylation is 1. The van der Waals surface area contributed by atoms with E-state index in [0.29, 0.717) is 27.1 Å². The average Bonchev–Trinajstić information content (AvgIpc) is 2.74. The van der Waals surface area contributed by atoms with E-state index in [-0.39, 0.29) is 12.5 Å². The molecule has 3 rings (SSSR count). The third-order valence-corrected chi connectivity index (χ3v) is 4.71. The van der Waals surface area contributed by atoms with E-state index in [9.17, 15) is 9.59 Å². The lowest BCUT2D eigenvalue weighted by Crippen LogP contribution is -2.24. The van der Waals surface area contributed by atoms with Crippen molar-refractivity contribution in [3.63, 3.8) is 0 Å². The highest BCUT2D eigenvalue weighted by Gasteiger charge is 2.12. The van der Waals surface area contributed by atoms with Gasteiger partial charge in [-0.3, -0.25) is 4.79 Å². The van der Waals surface area contributed by atoms with Crippen molar-refractivity contribution in [2.45, 2.75) is 6.92 Å². The summed E-state index contributed by atoms with van der Waals surface area (Å²) in [6.07, 6.45) is 1.46. The van der Waals surface area contributed by atoms with E-state index in [1.54, 1.807) is 48.5 Å². The zero-order chi connectivity index (χ0) is 21.3. The fourth-order valence-corrected chi connectivity index (χ4v) is 2.97. The second-order valence-corrected chi connectivity index (χ2v) is 7.14. The fraction of sp³-hybridized carbons (Fsp3) is 0.0870. The Bertz CT molecular complexity index is 1080. The molecule has 0 aliphatic rings. The van der Waals surface area contributed by atoms with Crippen LogP contribution in [0.3, 0.4) is 0 Å². The lowest BCUT2D eigenvalue weighted by atomic mass is 10.2. The number of para-hydroxylation sites is 1. The number of carbonyl (C=O) groups is 2. The molecule has 0 fully saturated rings. The number of amides is 1. The largest absolute Gasteiger partial charge is 0.483 e. The van der Waals surface area contributed by atoms with Gasteiger partial charge in [-0.05, 0) is 64.3 Å². The summed E-state index contributed by atoms with van der Waals surface area (Å²) in [5, 5.41) is 3.92. The number of hydrazone groups is 1. The van der Waals surface area contributed by atoms with E-state index >= 15 is 0 Å². The highest BCUT2D eigenvalue weighted by atomic mass is 79.9. The quantitative estimate of drug-likeness (QED) is 0.240. The van der Waals surface area contributed by atoms with Gasteiger partial charge in [-0.15, -0.1) is 0 Å². The normalized spacial score (nSPS) is 10.6. The third-order valence-electron chi connectivity index (χ3n) is 4.02. The zero-order valence-corrected chi connectivity index (χ0v) is 17.8. The highest BCUT2D eigenvalue weighted by Crippen LogP contribution is 2.20. The number of hydrogen-bond donors (Lipinski definition) is 1. The van der Waals surface area contributed by atoms with Crippen LogP contribution in [0.1, 0.15) is 21.5 Å². The molecule has 0 radical (unpaired) electrons. The lowest BCUT2D eigenvalue weighted by Gasteiger charge is -2.07. The van der Waals surface area contributed by atoms with Gasteiger partial charge in [0.1, 0.15) is 11.5 Å². The molecular weight excluding hydrogens is 448 g/mol. The lowest BCUT2D eigenvalue weighted by molar-refractivity contribution is -0.123. The number of hydrogen-bond acceptors (Lipinski definition) is 5. The summed E-state index contributed by atoms with van der Waals surface area (Å²) >= 11 is 3.33. The van der Waals surface area contributed by atoms with Gasteiger partial charge in [0, 0.05) is 4.47 Å². The van der Waals surface area contributed by atoms with Crippen LogP contribution in [-0.4, -0.2) is 24.7 Å². The van der Waals surface area contributed by atoms with Gasteiger partial charge in [-0.25, -0.2) is 10.2 Å². The van der Waals surface area contributed by atoms with Gasteiger partial charge in [0.15, 0.2) is 6.61 Å². The number of ether oxygens (including phenoxy) is 2. The number of halogens is 1. The monoisotopic (exact) mass is 466 g/mol. The maximum atomic E-state index is 12.3. The van der Waals surface area contributed by atoms with E-state index in [4.69, 9.17) is 9.47 Å². The van der Waals surface area contributed by atoms with Gasteiger partial charge in [-0.2, -0.15) is 5.10 Å². The first kappa shape index (κ1) is 21.3. The first-order chi connectivity index (χ1) is 14.5. The molecule has 0 bridgehead atoms. The average molecular weight is 467 g/mol. The Labute approximate surface area is 182 Å². The van der Waals surface area contributed by atoms with Gasteiger partial charge in [-0.1, -0.05) is 42.5 Å². The molecule has 1 amide bonds. The first-order valence-corrected chi connectivity index (χ1v) is 9.89. The van der Waals surface area contributed by atoms with Gasteiger partial charge >= 0.3 is 5.97 Å². The van der Waals surface area contributed by atoms with Crippen LogP contribution < -0.4 is 14.9 Å². The van der Waals surface area contributed by atoms with Gasteiger partial charge in [0.05, 0.1) is 11.8 Å². The van der Waals surface area contributed by atoms with Crippen molar-refractivity contribution in [3.05, 3.63) is 94.0 Å². The molecule has 6 nitrogen and oxygen atoms in total. The molecule has 3 aromatic rings. The third kappa shape index (κ3) is 6.02. The van der Waals surface area contributed by atoms with Crippen molar-refractivity contribution < 1.29 is 19.1 Å². The van der Waals surface area contributed by atoms with E-state index in [2.05, 4.69) is 26.5 Å². The minimum atomic E-state index is -0.474. The van der Waals surface area contributed by atoms with Gasteiger partial charge < -0.3 is 9.47 Å². The van der Waals surface area contributed by atoms with Crippen LogP contribution in [0.5, 0.6) is 11.5 Å². The summed E-state index contributed by atoms with van der Waals surface area (Å²) in [6.45, 7) is 1.76. The second kappa shape index (κ2) is 10.4. The van der Waals surface area contributed by atoms with Crippen LogP contribution in [0.15, 0.2) is 82.4 Å². The predicted octanol–water partition coefficient (Wildman–Crippen LogP) is 4.51. The molecule has 1 N–H and O–H groups in total. The summed E-state index contributed by atoms with van der Waals surface area (Å²) in [5.74, 6) is 0.161. The molecule has 3 aromatic carbocycles. The van der Waals surface area contributed by atoms with Crippen LogP contribution >= 0.6 is 15.9 Å². The van der Waals surface area contributed by atoms with Crippen LogP contribution in [0.25, 0.3) is 0 Å². The van der Waals surface area contributed by atoms with E-state index in [0.717, 1.165) is 5.56 Å². The Morgan fingerprint density at radius 3 is 2.60 bits per heavy atom. The smallest absolute Gasteiger partial charge is 0.344 e. The number of rotatable bonds is 7. The standard InChI is InChI=1S/C23H19BrN2O4/c1-16-7-2-5-12-21(16)29-15-22(27)26-25-14-17-8-6-9-18(13-17)30-23(28)19-10-3-4-11-20(19)24/h2-14H,15H2,1H3,(H,26,27)/b25-14-. The minimum absolute atomic E-state index is 0.147. The van der Waals surface area contributed by atoms with E-state index in [1.165, 1.54) is 6.21 Å². The Hall–Kier alpha value is -3.45. The van der Waals surface area contributed by atoms with Crippen LogP contribution in [-0.2, 0) is 4.79 Å². The molecular formula is C23H19BrN2O4. The molecule has 0 aliphatic carbocycles. The Morgan fingerprint density at radius 1 is 1.03 bits per heavy atom. The molecule has 30 heavy (non-hydrogen) atoms. The maximum Gasteiger partial charge on any atom is 0.344 e. The van der Waals surface area contributed by atoms with Crippen LogP contribution in [0, 0.1) is 6.92 Å². The Kier molecular flexibility index (Phi) is 7.34. The summed E-state index contributed by atoms with van der Waals surface area (Å²) in [4.78, 5) is 24.2. The molecule has 0 saturated heterocycles. The van der Waals surface area contributed by atoms with Crippen molar-refractivity contribution in [1.82, 2.24) is 5.43 Å². The van der Waals surface area contributed by atoms with E-state index < -0.39 is 5.97 Å². The van der Waals surface area contributed by atoms with Crippen LogP contribution in [0.4, 0.5) is 0 Å². The fourth-order valence-electron chi connectivity index (χ4n) is 2.52. The number of nitrogens with one attached hydrogen (secondary N) is 1. The summed E-state index contributed by atoms with van der Waals surface area (Å²) < 4.78 is 11.5. The van der Waals surface area contributed by atoms with Gasteiger partial charge in [0.2, 0.25) is 0 Å². The molecule has 0 unspecified atom stereocenters. The van der Waals surface area contributed by atoms with E-state index in [1.807, 2.05) is 31.2 Å². The first-order valence-electron chi connectivity index (χ1n) is 9.10. The van der Waals surface area contributed by atoms with Crippen molar-refractivity contribution >= 4 is 34.0 Å². The van der Waals surface area contributed by atoms with Gasteiger partial charge in [0.25, 0.3) is 5.91 Å². The Balaban J connectivity index is 1.54. The summed E-state index contributed by atoms with van der Waals surface area (Å²) in [6, 6.07) is 21.3. The molecule has 0 spiro atoms. The highest BCUT2D eigenvalue weighted by molar-refractivity contribution is 9.10. The predicted molar refractivity (Wildman–Crippen MR) is 118 cm³/mol. The number of carbonyl (C=O) groups excluding carboxylic acids is 2. The van der Waals surface area contributed by atoms with Crippen molar-refractivity contribution in [3.8, 4) is 11.5 Å².